The van der Waals surface area contributed by atoms with Gasteiger partial charge in [-0.2, -0.15) is 4.31 Å². The zero-order valence-corrected chi connectivity index (χ0v) is 19.2. The monoisotopic (exact) mass is 457 g/mol. The van der Waals surface area contributed by atoms with E-state index in [-0.39, 0.29) is 4.90 Å². The van der Waals surface area contributed by atoms with Crippen LogP contribution in [0.4, 0.5) is 5.95 Å². The molecular formula is C22H24ClN5O2S. The summed E-state index contributed by atoms with van der Waals surface area (Å²) in [5.74, 6) is 0.539. The lowest BCUT2D eigenvalue weighted by Gasteiger charge is -2.26. The Morgan fingerprint density at radius 1 is 1.16 bits per heavy atom. The van der Waals surface area contributed by atoms with Crippen LogP contribution in [0.25, 0.3) is 11.1 Å². The smallest absolute Gasteiger partial charge is 0.243 e. The van der Waals surface area contributed by atoms with Crippen molar-refractivity contribution < 1.29 is 8.42 Å². The van der Waals surface area contributed by atoms with Crippen molar-refractivity contribution in [1.29, 1.82) is 0 Å². The third-order valence-electron chi connectivity index (χ3n) is 5.44. The molecule has 0 N–H and O–H groups in total. The van der Waals surface area contributed by atoms with Gasteiger partial charge in [0.05, 0.1) is 16.6 Å². The molecular weight excluding hydrogens is 434 g/mol. The van der Waals surface area contributed by atoms with Crippen molar-refractivity contribution in [2.24, 2.45) is 0 Å². The molecule has 1 aliphatic heterocycles. The van der Waals surface area contributed by atoms with E-state index in [1.165, 1.54) is 6.07 Å². The van der Waals surface area contributed by atoms with Gasteiger partial charge in [0.2, 0.25) is 16.0 Å². The molecule has 3 heterocycles. The predicted octanol–water partition coefficient (Wildman–Crippen LogP) is 4.09. The fourth-order valence-electron chi connectivity index (χ4n) is 3.90. The summed E-state index contributed by atoms with van der Waals surface area (Å²) >= 11 is 6.07. The number of rotatable bonds is 5. The van der Waals surface area contributed by atoms with E-state index in [1.54, 1.807) is 41.1 Å². The zero-order chi connectivity index (χ0) is 22.2. The first-order valence-corrected chi connectivity index (χ1v) is 11.8. The average molecular weight is 458 g/mol. The summed E-state index contributed by atoms with van der Waals surface area (Å²) in [6, 6.07) is 7.91. The lowest BCUT2D eigenvalue weighted by Crippen LogP contribution is -2.31. The maximum atomic E-state index is 13.5. The van der Waals surface area contributed by atoms with Crippen molar-refractivity contribution in [1.82, 2.24) is 19.3 Å². The summed E-state index contributed by atoms with van der Waals surface area (Å²) in [5.41, 5.74) is 3.45. The highest BCUT2D eigenvalue weighted by Crippen LogP contribution is 2.40. The van der Waals surface area contributed by atoms with E-state index < -0.39 is 16.1 Å². The van der Waals surface area contributed by atoms with Gasteiger partial charge in [0.15, 0.2) is 0 Å². The molecule has 0 aliphatic carbocycles. The third kappa shape index (κ3) is 4.15. The van der Waals surface area contributed by atoms with Gasteiger partial charge in [-0.05, 0) is 55.2 Å². The van der Waals surface area contributed by atoms with Crippen LogP contribution < -0.4 is 4.90 Å². The molecule has 9 heteroatoms. The number of pyridine rings is 1. The second-order valence-corrected chi connectivity index (χ2v) is 10.1. The van der Waals surface area contributed by atoms with E-state index in [2.05, 4.69) is 9.97 Å². The number of sulfonamides is 1. The van der Waals surface area contributed by atoms with E-state index in [1.807, 2.05) is 32.0 Å². The van der Waals surface area contributed by atoms with Gasteiger partial charge in [-0.3, -0.25) is 4.98 Å². The van der Waals surface area contributed by atoms with Crippen LogP contribution in [0.15, 0.2) is 53.8 Å². The van der Waals surface area contributed by atoms with Crippen molar-refractivity contribution in [2.45, 2.75) is 30.7 Å². The van der Waals surface area contributed by atoms with E-state index in [4.69, 9.17) is 16.6 Å². The van der Waals surface area contributed by atoms with Gasteiger partial charge in [-0.1, -0.05) is 17.7 Å². The van der Waals surface area contributed by atoms with Crippen molar-refractivity contribution >= 4 is 27.6 Å². The molecule has 0 bridgehead atoms. The number of nitrogens with zero attached hydrogens (tertiary/aromatic N) is 5. The molecule has 0 spiro atoms. The van der Waals surface area contributed by atoms with Crippen LogP contribution in [0.1, 0.15) is 30.1 Å². The molecule has 7 nitrogen and oxygen atoms in total. The highest BCUT2D eigenvalue weighted by molar-refractivity contribution is 7.89. The first-order valence-electron chi connectivity index (χ1n) is 10.0. The van der Waals surface area contributed by atoms with Crippen LogP contribution in [0.2, 0.25) is 5.02 Å². The largest absolute Gasteiger partial charge is 0.347 e. The van der Waals surface area contributed by atoms with E-state index in [0.717, 1.165) is 23.1 Å². The second-order valence-electron chi connectivity index (χ2n) is 7.79. The third-order valence-corrected chi connectivity index (χ3v) is 7.58. The molecule has 1 aliphatic rings. The molecule has 31 heavy (non-hydrogen) atoms. The quantitative estimate of drug-likeness (QED) is 0.574. The first kappa shape index (κ1) is 21.7. The summed E-state index contributed by atoms with van der Waals surface area (Å²) in [6.45, 7) is 2.40. The number of hydrogen-bond donors (Lipinski definition) is 0. The lowest BCUT2D eigenvalue weighted by atomic mass is 9.98. The normalized spacial score (nSPS) is 17.1. The highest BCUT2D eigenvalue weighted by atomic mass is 35.5. The van der Waals surface area contributed by atoms with Gasteiger partial charge in [-0.25, -0.2) is 18.4 Å². The Hall–Kier alpha value is -2.55. The number of hydrogen-bond acceptors (Lipinski definition) is 6. The Bertz CT molecular complexity index is 1220. The van der Waals surface area contributed by atoms with E-state index >= 15 is 0 Å². The van der Waals surface area contributed by atoms with Crippen molar-refractivity contribution in [3.8, 4) is 11.1 Å². The van der Waals surface area contributed by atoms with Crippen molar-refractivity contribution in [2.75, 3.05) is 25.5 Å². The number of anilines is 1. The van der Waals surface area contributed by atoms with E-state index in [9.17, 15) is 8.42 Å². The fourth-order valence-corrected chi connectivity index (χ4v) is 5.86. The van der Waals surface area contributed by atoms with Gasteiger partial charge >= 0.3 is 0 Å². The molecule has 1 fully saturated rings. The van der Waals surface area contributed by atoms with Crippen LogP contribution in [-0.4, -0.2) is 48.3 Å². The molecule has 0 radical (unpaired) electrons. The summed E-state index contributed by atoms with van der Waals surface area (Å²) in [4.78, 5) is 15.5. The molecule has 0 unspecified atom stereocenters. The molecule has 0 saturated carbocycles. The van der Waals surface area contributed by atoms with Gasteiger partial charge in [0.1, 0.15) is 0 Å². The Labute approximate surface area is 187 Å². The molecule has 2 aromatic heterocycles. The van der Waals surface area contributed by atoms with Gasteiger partial charge in [0, 0.05) is 49.8 Å². The number of benzene rings is 1. The Balaban J connectivity index is 1.86. The molecule has 1 atom stereocenters. The van der Waals surface area contributed by atoms with Crippen LogP contribution in [0, 0.1) is 6.92 Å². The maximum Gasteiger partial charge on any atom is 0.243 e. The minimum absolute atomic E-state index is 0.190. The number of halogens is 1. The SMILES string of the molecule is Cc1cnccc1-c1cnc(N(C)C)nc1[C@@H]1CCCN1S(=O)(=O)c1cccc(Cl)c1. The minimum atomic E-state index is -3.74. The first-order chi connectivity index (χ1) is 14.8. The lowest BCUT2D eigenvalue weighted by molar-refractivity contribution is 0.391. The molecule has 1 aromatic carbocycles. The van der Waals surface area contributed by atoms with Gasteiger partial charge in [0.25, 0.3) is 0 Å². The second kappa shape index (κ2) is 8.53. The Kier molecular flexibility index (Phi) is 5.96. The van der Waals surface area contributed by atoms with Gasteiger partial charge < -0.3 is 4.90 Å². The van der Waals surface area contributed by atoms with Crippen molar-refractivity contribution in [3.05, 3.63) is 65.2 Å². The number of aryl methyl sites for hydroxylation is 1. The van der Waals surface area contributed by atoms with Crippen LogP contribution in [0.3, 0.4) is 0 Å². The zero-order valence-electron chi connectivity index (χ0n) is 17.7. The van der Waals surface area contributed by atoms with Crippen LogP contribution in [-0.2, 0) is 10.0 Å². The standard InChI is InChI=1S/C22H24ClN5O2S/c1-15-13-24-10-9-18(15)19-14-25-22(27(2)3)26-21(19)20-8-5-11-28(20)31(29,30)17-7-4-6-16(23)12-17/h4,6-7,9-10,12-14,20H,5,8,11H2,1-3H3/t20-/m0/s1. The summed E-state index contributed by atoms with van der Waals surface area (Å²) in [7, 11) is -0.00482. The van der Waals surface area contributed by atoms with Crippen LogP contribution >= 0.6 is 11.6 Å². The van der Waals surface area contributed by atoms with Crippen LogP contribution in [0.5, 0.6) is 0 Å². The number of aromatic nitrogens is 3. The molecule has 1 saturated heterocycles. The van der Waals surface area contributed by atoms with E-state index in [0.29, 0.717) is 29.6 Å². The topological polar surface area (TPSA) is 79.3 Å². The fraction of sp³-hybridized carbons (Fsp3) is 0.318. The predicted molar refractivity (Wildman–Crippen MR) is 122 cm³/mol. The maximum absolute atomic E-state index is 13.5. The molecule has 3 aromatic rings. The average Bonchev–Trinajstić information content (AvgIpc) is 3.24. The Morgan fingerprint density at radius 3 is 2.68 bits per heavy atom. The Morgan fingerprint density at radius 2 is 1.97 bits per heavy atom. The molecule has 0 amide bonds. The summed E-state index contributed by atoms with van der Waals surface area (Å²) in [5, 5.41) is 0.391. The molecule has 162 valence electrons. The summed E-state index contributed by atoms with van der Waals surface area (Å²) in [6.07, 6.45) is 6.72. The minimum Gasteiger partial charge on any atom is -0.347 e. The van der Waals surface area contributed by atoms with Gasteiger partial charge in [-0.15, -0.1) is 0 Å². The summed E-state index contributed by atoms with van der Waals surface area (Å²) < 4.78 is 28.6. The highest BCUT2D eigenvalue weighted by Gasteiger charge is 2.38. The molecule has 4 rings (SSSR count). The van der Waals surface area contributed by atoms with Crippen molar-refractivity contribution in [3.63, 3.8) is 0 Å².